The van der Waals surface area contributed by atoms with Crippen molar-refractivity contribution in [3.8, 4) is 0 Å². The van der Waals surface area contributed by atoms with Gasteiger partial charge in [0.1, 0.15) is 0 Å². The standard InChI is InChI=1S/C19H24N2O5S2/c1-13-12-16(8-11-18(13)21(3)28(5,25)26)19(22)20-14(2)15-6-9-17(10-7-15)27(4,23)24/h6-12,14H,1-5H3,(H,20,22)/t14-/m0/s1. The van der Waals surface area contributed by atoms with Gasteiger partial charge in [-0.15, -0.1) is 0 Å². The van der Waals surface area contributed by atoms with Gasteiger partial charge < -0.3 is 5.32 Å². The summed E-state index contributed by atoms with van der Waals surface area (Å²) in [6, 6.07) is 10.8. The first-order valence-electron chi connectivity index (χ1n) is 8.46. The van der Waals surface area contributed by atoms with Crippen LogP contribution < -0.4 is 9.62 Å². The van der Waals surface area contributed by atoms with Crippen LogP contribution in [0.1, 0.15) is 34.5 Å². The molecule has 0 unspecified atom stereocenters. The zero-order valence-electron chi connectivity index (χ0n) is 16.4. The Morgan fingerprint density at radius 2 is 1.57 bits per heavy atom. The van der Waals surface area contributed by atoms with Crippen LogP contribution >= 0.6 is 0 Å². The number of sulfone groups is 1. The molecule has 152 valence electrons. The van der Waals surface area contributed by atoms with Crippen LogP contribution in [0.15, 0.2) is 47.4 Å². The summed E-state index contributed by atoms with van der Waals surface area (Å²) in [6.45, 7) is 3.53. The number of sulfonamides is 1. The van der Waals surface area contributed by atoms with E-state index in [1.54, 1.807) is 44.2 Å². The normalized spacial score (nSPS) is 13.0. The molecule has 9 heteroatoms. The molecule has 0 fully saturated rings. The predicted octanol–water partition coefficient (Wildman–Crippen LogP) is 2.29. The van der Waals surface area contributed by atoms with Gasteiger partial charge in [-0.05, 0) is 55.3 Å². The molecule has 1 amide bonds. The molecule has 1 N–H and O–H groups in total. The van der Waals surface area contributed by atoms with E-state index >= 15 is 0 Å². The third-order valence-corrected chi connectivity index (χ3v) is 6.77. The summed E-state index contributed by atoms with van der Waals surface area (Å²) in [5.74, 6) is -0.309. The second-order valence-electron chi connectivity index (χ2n) is 6.77. The highest BCUT2D eigenvalue weighted by Crippen LogP contribution is 2.23. The van der Waals surface area contributed by atoms with E-state index in [0.717, 1.165) is 22.4 Å². The lowest BCUT2D eigenvalue weighted by Crippen LogP contribution is -2.28. The SMILES string of the molecule is Cc1cc(C(=O)N[C@@H](C)c2ccc(S(C)(=O)=O)cc2)ccc1N(C)S(C)(=O)=O. The van der Waals surface area contributed by atoms with Crippen molar-refractivity contribution in [2.45, 2.75) is 24.8 Å². The number of rotatable bonds is 6. The van der Waals surface area contributed by atoms with Crippen LogP contribution in [0, 0.1) is 6.92 Å². The fourth-order valence-corrected chi connectivity index (χ4v) is 3.89. The van der Waals surface area contributed by atoms with E-state index in [4.69, 9.17) is 0 Å². The average Bonchev–Trinajstić information content (AvgIpc) is 2.59. The Hall–Kier alpha value is -2.39. The molecule has 2 aromatic carbocycles. The lowest BCUT2D eigenvalue weighted by atomic mass is 10.1. The minimum absolute atomic E-state index is 0.219. The van der Waals surface area contributed by atoms with Crippen molar-refractivity contribution >= 4 is 31.5 Å². The van der Waals surface area contributed by atoms with E-state index in [1.165, 1.54) is 19.2 Å². The van der Waals surface area contributed by atoms with Gasteiger partial charge in [0, 0.05) is 18.9 Å². The van der Waals surface area contributed by atoms with E-state index in [-0.39, 0.29) is 16.8 Å². The first-order valence-corrected chi connectivity index (χ1v) is 12.2. The highest BCUT2D eigenvalue weighted by molar-refractivity contribution is 7.92. The first-order chi connectivity index (χ1) is 12.8. The van der Waals surface area contributed by atoms with Crippen molar-refractivity contribution < 1.29 is 21.6 Å². The zero-order valence-corrected chi connectivity index (χ0v) is 18.1. The van der Waals surface area contributed by atoms with Gasteiger partial charge in [-0.2, -0.15) is 0 Å². The number of carbonyl (C=O) groups excluding carboxylic acids is 1. The van der Waals surface area contributed by atoms with E-state index in [1.807, 2.05) is 0 Å². The number of nitrogens with zero attached hydrogens (tertiary/aromatic N) is 1. The maximum absolute atomic E-state index is 12.5. The van der Waals surface area contributed by atoms with E-state index in [2.05, 4.69) is 5.32 Å². The van der Waals surface area contributed by atoms with Crippen molar-refractivity contribution in [2.75, 3.05) is 23.9 Å². The fraction of sp³-hybridized carbons (Fsp3) is 0.316. The number of aryl methyl sites for hydroxylation is 1. The largest absolute Gasteiger partial charge is 0.346 e. The second-order valence-corrected chi connectivity index (χ2v) is 10.8. The molecule has 0 aliphatic rings. The van der Waals surface area contributed by atoms with Crippen LogP contribution in [0.5, 0.6) is 0 Å². The summed E-state index contributed by atoms with van der Waals surface area (Å²) in [7, 11) is -5.20. The molecule has 0 aromatic heterocycles. The fourth-order valence-electron chi connectivity index (χ4n) is 2.70. The van der Waals surface area contributed by atoms with Crippen molar-refractivity contribution in [1.29, 1.82) is 0 Å². The number of hydrogen-bond acceptors (Lipinski definition) is 5. The zero-order chi connectivity index (χ0) is 21.3. The van der Waals surface area contributed by atoms with Crippen molar-refractivity contribution in [1.82, 2.24) is 5.32 Å². The molecule has 2 rings (SSSR count). The maximum Gasteiger partial charge on any atom is 0.251 e. The summed E-state index contributed by atoms with van der Waals surface area (Å²) in [5.41, 5.74) is 2.34. The van der Waals surface area contributed by atoms with Gasteiger partial charge in [0.05, 0.1) is 22.9 Å². The summed E-state index contributed by atoms with van der Waals surface area (Å²) in [5, 5.41) is 2.86. The van der Waals surface area contributed by atoms with Gasteiger partial charge in [0.2, 0.25) is 10.0 Å². The van der Waals surface area contributed by atoms with Gasteiger partial charge in [-0.25, -0.2) is 16.8 Å². The molecule has 0 saturated carbocycles. The Bertz CT molecular complexity index is 1090. The lowest BCUT2D eigenvalue weighted by Gasteiger charge is -2.20. The highest BCUT2D eigenvalue weighted by Gasteiger charge is 2.17. The van der Waals surface area contributed by atoms with Gasteiger partial charge >= 0.3 is 0 Å². The third-order valence-electron chi connectivity index (χ3n) is 4.45. The Kier molecular flexibility index (Phi) is 6.20. The molecule has 2 aromatic rings. The minimum atomic E-state index is -3.39. The lowest BCUT2D eigenvalue weighted by molar-refractivity contribution is 0.0939. The Labute approximate surface area is 166 Å². The molecule has 0 spiro atoms. The number of anilines is 1. The molecule has 0 radical (unpaired) electrons. The Morgan fingerprint density at radius 1 is 1.00 bits per heavy atom. The van der Waals surface area contributed by atoms with Crippen molar-refractivity contribution in [2.24, 2.45) is 0 Å². The second kappa shape index (κ2) is 7.92. The highest BCUT2D eigenvalue weighted by atomic mass is 32.2. The molecule has 0 heterocycles. The van der Waals surface area contributed by atoms with Gasteiger partial charge in [-0.1, -0.05) is 12.1 Å². The van der Waals surface area contributed by atoms with Crippen molar-refractivity contribution in [3.05, 3.63) is 59.2 Å². The van der Waals surface area contributed by atoms with Gasteiger partial charge in [0.15, 0.2) is 9.84 Å². The number of hydrogen-bond donors (Lipinski definition) is 1. The van der Waals surface area contributed by atoms with E-state index in [9.17, 15) is 21.6 Å². The van der Waals surface area contributed by atoms with Crippen LogP contribution in [-0.4, -0.2) is 42.3 Å². The third kappa shape index (κ3) is 5.11. The maximum atomic E-state index is 12.5. The number of amides is 1. The molecule has 28 heavy (non-hydrogen) atoms. The van der Waals surface area contributed by atoms with Crippen molar-refractivity contribution in [3.63, 3.8) is 0 Å². The van der Waals surface area contributed by atoms with Crippen LogP contribution in [0.4, 0.5) is 5.69 Å². The molecule has 7 nitrogen and oxygen atoms in total. The summed E-state index contributed by atoms with van der Waals surface area (Å²) in [6.07, 6.45) is 2.25. The summed E-state index contributed by atoms with van der Waals surface area (Å²) >= 11 is 0. The number of benzene rings is 2. The molecule has 0 saturated heterocycles. The minimum Gasteiger partial charge on any atom is -0.346 e. The van der Waals surface area contributed by atoms with E-state index in [0.29, 0.717) is 16.8 Å². The first kappa shape index (κ1) is 21.9. The molecule has 1 atom stereocenters. The van der Waals surface area contributed by atoms with Gasteiger partial charge in [-0.3, -0.25) is 9.10 Å². The topological polar surface area (TPSA) is 101 Å². The molecule has 0 aliphatic carbocycles. The number of nitrogens with one attached hydrogen (secondary N) is 1. The smallest absolute Gasteiger partial charge is 0.251 e. The summed E-state index contributed by atoms with van der Waals surface area (Å²) < 4.78 is 47.6. The van der Waals surface area contributed by atoms with E-state index < -0.39 is 19.9 Å². The molecule has 0 aliphatic heterocycles. The van der Waals surface area contributed by atoms with Gasteiger partial charge in [0.25, 0.3) is 5.91 Å². The molecule has 0 bridgehead atoms. The Morgan fingerprint density at radius 3 is 2.04 bits per heavy atom. The Balaban J connectivity index is 2.17. The number of carbonyl (C=O) groups is 1. The quantitative estimate of drug-likeness (QED) is 0.767. The molecular formula is C19H24N2O5S2. The molecular weight excluding hydrogens is 400 g/mol. The average molecular weight is 425 g/mol. The summed E-state index contributed by atoms with van der Waals surface area (Å²) in [4.78, 5) is 12.8. The van der Waals surface area contributed by atoms with Crippen LogP contribution in [0.2, 0.25) is 0 Å². The monoisotopic (exact) mass is 424 g/mol. The van der Waals surface area contributed by atoms with Crippen LogP contribution in [-0.2, 0) is 19.9 Å². The van der Waals surface area contributed by atoms with Crippen LogP contribution in [0.25, 0.3) is 0 Å². The van der Waals surface area contributed by atoms with Crippen LogP contribution in [0.3, 0.4) is 0 Å². The predicted molar refractivity (Wildman–Crippen MR) is 110 cm³/mol.